The van der Waals surface area contributed by atoms with Crippen molar-refractivity contribution < 1.29 is 4.74 Å². The SMILES string of the molecule is CN(C)C1(c2ccc(Br)cc2)COC1. The number of hydrogen-bond acceptors (Lipinski definition) is 2. The average Bonchev–Trinajstić information content (AvgIpc) is 2.05. The van der Waals surface area contributed by atoms with Crippen molar-refractivity contribution in [3.63, 3.8) is 0 Å². The molecule has 0 amide bonds. The van der Waals surface area contributed by atoms with E-state index in [9.17, 15) is 0 Å². The van der Waals surface area contributed by atoms with Gasteiger partial charge in [-0.25, -0.2) is 0 Å². The molecule has 0 aliphatic carbocycles. The van der Waals surface area contributed by atoms with Crippen LogP contribution in [0.5, 0.6) is 0 Å². The zero-order chi connectivity index (χ0) is 10.2. The molecule has 1 fully saturated rings. The minimum Gasteiger partial charge on any atom is -0.377 e. The van der Waals surface area contributed by atoms with Gasteiger partial charge in [-0.05, 0) is 31.8 Å². The minimum atomic E-state index is 0.0979. The summed E-state index contributed by atoms with van der Waals surface area (Å²) in [7, 11) is 4.20. The second kappa shape index (κ2) is 3.65. The fourth-order valence-corrected chi connectivity index (χ4v) is 2.00. The first-order chi connectivity index (χ1) is 6.65. The first-order valence-corrected chi connectivity index (χ1v) is 5.46. The highest BCUT2D eigenvalue weighted by molar-refractivity contribution is 9.10. The van der Waals surface area contributed by atoms with E-state index in [1.807, 2.05) is 0 Å². The van der Waals surface area contributed by atoms with E-state index in [4.69, 9.17) is 4.74 Å². The molecule has 1 aromatic rings. The predicted octanol–water partition coefficient (Wildman–Crippen LogP) is 2.24. The van der Waals surface area contributed by atoms with Crippen LogP contribution in [0.2, 0.25) is 0 Å². The number of halogens is 1. The Kier molecular flexibility index (Phi) is 2.64. The van der Waals surface area contributed by atoms with Crippen LogP contribution in [0, 0.1) is 0 Å². The van der Waals surface area contributed by atoms with Gasteiger partial charge in [0.1, 0.15) is 0 Å². The molecule has 1 aliphatic rings. The van der Waals surface area contributed by atoms with E-state index in [2.05, 4.69) is 59.2 Å². The van der Waals surface area contributed by atoms with E-state index in [0.717, 1.165) is 17.7 Å². The molecule has 0 unspecified atom stereocenters. The minimum absolute atomic E-state index is 0.0979. The molecule has 1 saturated heterocycles. The molecule has 1 heterocycles. The molecule has 1 aromatic carbocycles. The summed E-state index contributed by atoms with van der Waals surface area (Å²) < 4.78 is 6.45. The van der Waals surface area contributed by atoms with Crippen molar-refractivity contribution in [3.8, 4) is 0 Å². The summed E-state index contributed by atoms with van der Waals surface area (Å²) in [5.74, 6) is 0. The number of nitrogens with zero attached hydrogens (tertiary/aromatic N) is 1. The number of rotatable bonds is 2. The molecule has 1 aliphatic heterocycles. The van der Waals surface area contributed by atoms with Gasteiger partial charge in [0.05, 0.1) is 18.8 Å². The monoisotopic (exact) mass is 255 g/mol. The topological polar surface area (TPSA) is 12.5 Å². The molecule has 2 nitrogen and oxygen atoms in total. The fraction of sp³-hybridized carbons (Fsp3) is 0.455. The summed E-state index contributed by atoms with van der Waals surface area (Å²) in [5, 5.41) is 0. The van der Waals surface area contributed by atoms with Crippen LogP contribution in [0.1, 0.15) is 5.56 Å². The summed E-state index contributed by atoms with van der Waals surface area (Å²) >= 11 is 3.44. The summed E-state index contributed by atoms with van der Waals surface area (Å²) in [4.78, 5) is 2.24. The van der Waals surface area contributed by atoms with Gasteiger partial charge in [0.25, 0.3) is 0 Å². The fourth-order valence-electron chi connectivity index (χ4n) is 1.74. The summed E-state index contributed by atoms with van der Waals surface area (Å²) in [6.45, 7) is 1.59. The van der Waals surface area contributed by atoms with Crippen molar-refractivity contribution in [2.24, 2.45) is 0 Å². The van der Waals surface area contributed by atoms with Crippen molar-refractivity contribution in [2.45, 2.75) is 5.54 Å². The van der Waals surface area contributed by atoms with Crippen LogP contribution in [-0.4, -0.2) is 32.2 Å². The van der Waals surface area contributed by atoms with Gasteiger partial charge >= 0.3 is 0 Å². The molecule has 0 bridgehead atoms. The van der Waals surface area contributed by atoms with Crippen LogP contribution in [0.4, 0.5) is 0 Å². The van der Waals surface area contributed by atoms with Crippen molar-refractivity contribution in [1.29, 1.82) is 0 Å². The lowest BCUT2D eigenvalue weighted by Gasteiger charge is -2.47. The van der Waals surface area contributed by atoms with Crippen LogP contribution in [0.25, 0.3) is 0 Å². The Labute approximate surface area is 93.0 Å². The molecule has 0 radical (unpaired) electrons. The average molecular weight is 256 g/mol. The van der Waals surface area contributed by atoms with Gasteiger partial charge in [-0.15, -0.1) is 0 Å². The number of ether oxygens (including phenoxy) is 1. The lowest BCUT2D eigenvalue weighted by Crippen LogP contribution is -2.56. The van der Waals surface area contributed by atoms with E-state index in [-0.39, 0.29) is 5.54 Å². The third-order valence-corrected chi connectivity index (χ3v) is 3.45. The summed E-state index contributed by atoms with van der Waals surface area (Å²) in [6, 6.07) is 8.48. The lowest BCUT2D eigenvalue weighted by molar-refractivity contribution is -0.130. The van der Waals surface area contributed by atoms with Crippen LogP contribution in [0.3, 0.4) is 0 Å². The van der Waals surface area contributed by atoms with Gasteiger partial charge in [0, 0.05) is 4.47 Å². The maximum absolute atomic E-state index is 5.33. The van der Waals surface area contributed by atoms with Crippen LogP contribution >= 0.6 is 15.9 Å². The van der Waals surface area contributed by atoms with Crippen LogP contribution in [0.15, 0.2) is 28.7 Å². The Balaban J connectivity index is 2.32. The third-order valence-electron chi connectivity index (χ3n) is 2.92. The molecular formula is C11H14BrNO. The highest BCUT2D eigenvalue weighted by Gasteiger charge is 2.42. The Morgan fingerprint density at radius 3 is 2.14 bits per heavy atom. The molecule has 3 heteroatoms. The smallest absolute Gasteiger partial charge is 0.0928 e. The molecule has 0 saturated carbocycles. The van der Waals surface area contributed by atoms with E-state index in [1.54, 1.807) is 0 Å². The van der Waals surface area contributed by atoms with Crippen molar-refractivity contribution in [1.82, 2.24) is 4.90 Å². The normalized spacial score (nSPS) is 19.4. The Morgan fingerprint density at radius 2 is 1.79 bits per heavy atom. The molecule has 14 heavy (non-hydrogen) atoms. The number of hydrogen-bond donors (Lipinski definition) is 0. The van der Waals surface area contributed by atoms with Crippen molar-refractivity contribution in [2.75, 3.05) is 27.3 Å². The van der Waals surface area contributed by atoms with Crippen molar-refractivity contribution in [3.05, 3.63) is 34.3 Å². The third kappa shape index (κ3) is 1.49. The van der Waals surface area contributed by atoms with E-state index >= 15 is 0 Å². The van der Waals surface area contributed by atoms with Crippen LogP contribution < -0.4 is 0 Å². The summed E-state index contributed by atoms with van der Waals surface area (Å²) in [6.07, 6.45) is 0. The summed E-state index contributed by atoms with van der Waals surface area (Å²) in [5.41, 5.74) is 1.43. The van der Waals surface area contributed by atoms with Gasteiger partial charge in [-0.1, -0.05) is 28.1 Å². The quantitative estimate of drug-likeness (QED) is 0.804. The first-order valence-electron chi connectivity index (χ1n) is 4.66. The molecule has 2 rings (SSSR count). The first kappa shape index (κ1) is 10.1. The molecule has 0 spiro atoms. The molecule has 76 valence electrons. The standard InChI is InChI=1S/C11H14BrNO/c1-13(2)11(7-14-8-11)9-3-5-10(12)6-4-9/h3-6H,7-8H2,1-2H3. The molecule has 0 aromatic heterocycles. The number of benzene rings is 1. The zero-order valence-electron chi connectivity index (χ0n) is 8.46. The predicted molar refractivity (Wildman–Crippen MR) is 60.3 cm³/mol. The molecular weight excluding hydrogens is 242 g/mol. The highest BCUT2D eigenvalue weighted by Crippen LogP contribution is 2.34. The second-order valence-corrected chi connectivity index (χ2v) is 4.84. The zero-order valence-corrected chi connectivity index (χ0v) is 10.0. The Bertz CT molecular complexity index is 317. The maximum Gasteiger partial charge on any atom is 0.0928 e. The van der Waals surface area contributed by atoms with Crippen LogP contribution in [-0.2, 0) is 10.3 Å². The van der Waals surface area contributed by atoms with Crippen molar-refractivity contribution >= 4 is 15.9 Å². The lowest BCUT2D eigenvalue weighted by atomic mass is 9.87. The Hall–Kier alpha value is -0.380. The Morgan fingerprint density at radius 1 is 1.21 bits per heavy atom. The molecule has 0 N–H and O–H groups in total. The largest absolute Gasteiger partial charge is 0.377 e. The molecule has 0 atom stereocenters. The van der Waals surface area contributed by atoms with Gasteiger partial charge in [0.15, 0.2) is 0 Å². The van der Waals surface area contributed by atoms with Gasteiger partial charge in [-0.3, -0.25) is 4.90 Å². The van der Waals surface area contributed by atoms with E-state index < -0.39 is 0 Å². The number of likely N-dealkylation sites (N-methyl/N-ethyl adjacent to an activating group) is 1. The second-order valence-electron chi connectivity index (χ2n) is 3.93. The van der Waals surface area contributed by atoms with E-state index in [1.165, 1.54) is 5.56 Å². The van der Waals surface area contributed by atoms with Gasteiger partial charge < -0.3 is 4.74 Å². The highest BCUT2D eigenvalue weighted by atomic mass is 79.9. The van der Waals surface area contributed by atoms with Gasteiger partial charge in [0.2, 0.25) is 0 Å². The maximum atomic E-state index is 5.33. The van der Waals surface area contributed by atoms with Gasteiger partial charge in [-0.2, -0.15) is 0 Å². The van der Waals surface area contributed by atoms with E-state index in [0.29, 0.717) is 0 Å².